The predicted molar refractivity (Wildman–Crippen MR) is 99.4 cm³/mol. The molecule has 0 bridgehead atoms. The summed E-state index contributed by atoms with van der Waals surface area (Å²) in [6.45, 7) is 2.64. The van der Waals surface area contributed by atoms with Crippen molar-refractivity contribution in [2.24, 2.45) is 5.92 Å². The molecule has 6 nitrogen and oxygen atoms in total. The van der Waals surface area contributed by atoms with Gasteiger partial charge in [-0.1, -0.05) is 12.1 Å². The lowest BCUT2D eigenvalue weighted by Crippen LogP contribution is -2.40. The van der Waals surface area contributed by atoms with Crippen molar-refractivity contribution in [3.8, 4) is 11.3 Å². The fourth-order valence-electron chi connectivity index (χ4n) is 3.45. The quantitative estimate of drug-likeness (QED) is 0.738. The highest BCUT2D eigenvalue weighted by Crippen LogP contribution is 2.22. The molecule has 6 heteroatoms. The number of nitrogens with one attached hydrogen (secondary N) is 2. The van der Waals surface area contributed by atoms with E-state index in [1.165, 1.54) is 0 Å². The Kier molecular flexibility index (Phi) is 4.84. The van der Waals surface area contributed by atoms with Crippen molar-refractivity contribution in [1.82, 2.24) is 15.1 Å². The van der Waals surface area contributed by atoms with Crippen LogP contribution in [-0.2, 0) is 11.3 Å². The fraction of sp³-hybridized carbons (Fsp3) is 0.300. The summed E-state index contributed by atoms with van der Waals surface area (Å²) in [5.41, 5.74) is 3.99. The van der Waals surface area contributed by atoms with Crippen LogP contribution in [-0.4, -0.2) is 34.1 Å². The fourth-order valence-corrected chi connectivity index (χ4v) is 3.45. The second-order valence-electron chi connectivity index (χ2n) is 6.74. The molecule has 2 aromatic heterocycles. The van der Waals surface area contributed by atoms with Gasteiger partial charge in [-0.15, -0.1) is 0 Å². The molecule has 0 spiro atoms. The number of carbonyl (C=O) groups is 1. The average Bonchev–Trinajstić information content (AvgIpc) is 3.36. The molecule has 1 aliphatic heterocycles. The zero-order valence-corrected chi connectivity index (χ0v) is 14.5. The number of carbonyl (C=O) groups excluding carboxylic acids is 1. The van der Waals surface area contributed by atoms with Gasteiger partial charge in [-0.3, -0.25) is 14.8 Å². The van der Waals surface area contributed by atoms with Crippen LogP contribution in [0.5, 0.6) is 0 Å². The van der Waals surface area contributed by atoms with Crippen LogP contribution in [0.2, 0.25) is 0 Å². The van der Waals surface area contributed by atoms with Crippen LogP contribution in [0.15, 0.2) is 59.5 Å². The van der Waals surface area contributed by atoms with Gasteiger partial charge in [0.25, 0.3) is 0 Å². The minimum absolute atomic E-state index is 0.0166. The number of nitrogens with zero attached hydrogens (tertiary/aromatic N) is 2. The van der Waals surface area contributed by atoms with Crippen LogP contribution in [0.1, 0.15) is 18.4 Å². The van der Waals surface area contributed by atoms with E-state index in [-0.39, 0.29) is 11.8 Å². The number of H-pyrrole nitrogens is 1. The van der Waals surface area contributed by atoms with Crippen LogP contribution in [0.3, 0.4) is 0 Å². The molecular formula is C20H22N4O2. The summed E-state index contributed by atoms with van der Waals surface area (Å²) in [4.78, 5) is 15.0. The SMILES string of the molecule is O=C(Nc1ccc(-c2ccn[nH]2)cc1)[C@@H]1CCCN(Cc2ccoc2)C1. The molecule has 1 amide bonds. The summed E-state index contributed by atoms with van der Waals surface area (Å²) in [7, 11) is 0. The number of anilines is 1. The Bertz CT molecular complexity index is 825. The number of piperidine rings is 1. The monoisotopic (exact) mass is 350 g/mol. The van der Waals surface area contributed by atoms with Gasteiger partial charge in [0, 0.05) is 30.5 Å². The molecule has 3 heterocycles. The first-order valence-electron chi connectivity index (χ1n) is 8.92. The molecular weight excluding hydrogens is 328 g/mol. The minimum Gasteiger partial charge on any atom is -0.472 e. The molecule has 4 rings (SSSR count). The number of benzene rings is 1. The van der Waals surface area contributed by atoms with Crippen molar-refractivity contribution in [3.05, 3.63) is 60.7 Å². The molecule has 0 saturated carbocycles. The van der Waals surface area contributed by atoms with Crippen molar-refractivity contribution in [2.45, 2.75) is 19.4 Å². The van der Waals surface area contributed by atoms with Gasteiger partial charge in [0.1, 0.15) is 0 Å². The zero-order valence-electron chi connectivity index (χ0n) is 14.5. The Morgan fingerprint density at radius 1 is 1.27 bits per heavy atom. The van der Waals surface area contributed by atoms with Crippen molar-refractivity contribution < 1.29 is 9.21 Å². The standard InChI is InChI=1S/C20H22N4O2/c25-20(17-2-1-10-24(13-17)12-15-8-11-26-14-15)22-18-5-3-16(4-6-18)19-7-9-21-23-19/h3-9,11,14,17H,1-2,10,12-13H2,(H,21,23)(H,22,25)/t17-/m1/s1. The maximum Gasteiger partial charge on any atom is 0.228 e. The van der Waals surface area contributed by atoms with E-state index < -0.39 is 0 Å². The van der Waals surface area contributed by atoms with Crippen LogP contribution < -0.4 is 5.32 Å². The number of rotatable bonds is 5. The Morgan fingerprint density at radius 3 is 2.88 bits per heavy atom. The number of amides is 1. The highest BCUT2D eigenvalue weighted by atomic mass is 16.3. The summed E-state index contributed by atoms with van der Waals surface area (Å²) < 4.78 is 5.13. The van der Waals surface area contributed by atoms with Gasteiger partial charge in [-0.05, 0) is 49.2 Å². The van der Waals surface area contributed by atoms with E-state index in [2.05, 4.69) is 20.4 Å². The van der Waals surface area contributed by atoms with E-state index in [0.717, 1.165) is 55.0 Å². The van der Waals surface area contributed by atoms with Crippen molar-refractivity contribution in [2.75, 3.05) is 18.4 Å². The van der Waals surface area contributed by atoms with Gasteiger partial charge in [0.15, 0.2) is 0 Å². The molecule has 0 unspecified atom stereocenters. The van der Waals surface area contributed by atoms with Gasteiger partial charge in [-0.2, -0.15) is 5.10 Å². The molecule has 0 radical (unpaired) electrons. The van der Waals surface area contributed by atoms with Crippen LogP contribution in [0.4, 0.5) is 5.69 Å². The molecule has 1 saturated heterocycles. The number of aromatic amines is 1. The number of hydrogen-bond donors (Lipinski definition) is 2. The molecule has 3 aromatic rings. The highest BCUT2D eigenvalue weighted by Gasteiger charge is 2.26. The van der Waals surface area contributed by atoms with Gasteiger partial charge in [0.05, 0.1) is 24.1 Å². The Hall–Kier alpha value is -2.86. The Balaban J connectivity index is 1.35. The maximum absolute atomic E-state index is 12.7. The maximum atomic E-state index is 12.7. The first kappa shape index (κ1) is 16.6. The summed E-state index contributed by atoms with van der Waals surface area (Å²) >= 11 is 0. The van der Waals surface area contributed by atoms with E-state index >= 15 is 0 Å². The molecule has 1 aromatic carbocycles. The Labute approximate surface area is 152 Å². The summed E-state index contributed by atoms with van der Waals surface area (Å²) in [6, 6.07) is 11.7. The van der Waals surface area contributed by atoms with Crippen LogP contribution in [0, 0.1) is 5.92 Å². The van der Waals surface area contributed by atoms with E-state index in [4.69, 9.17) is 4.42 Å². The van der Waals surface area contributed by atoms with Gasteiger partial charge < -0.3 is 9.73 Å². The summed E-state index contributed by atoms with van der Waals surface area (Å²) in [5.74, 6) is 0.110. The third kappa shape index (κ3) is 3.86. The van der Waals surface area contributed by atoms with Gasteiger partial charge in [0.2, 0.25) is 5.91 Å². The molecule has 134 valence electrons. The minimum atomic E-state index is 0.0166. The van der Waals surface area contributed by atoms with Gasteiger partial charge >= 0.3 is 0 Å². The van der Waals surface area contributed by atoms with E-state index in [9.17, 15) is 4.79 Å². The number of likely N-dealkylation sites (tertiary alicyclic amines) is 1. The first-order valence-corrected chi connectivity index (χ1v) is 8.92. The topological polar surface area (TPSA) is 74.2 Å². The lowest BCUT2D eigenvalue weighted by Gasteiger charge is -2.31. The van der Waals surface area contributed by atoms with Crippen LogP contribution in [0.25, 0.3) is 11.3 Å². The number of furan rings is 1. The number of hydrogen-bond acceptors (Lipinski definition) is 4. The molecule has 26 heavy (non-hydrogen) atoms. The largest absolute Gasteiger partial charge is 0.472 e. The van der Waals surface area contributed by atoms with Gasteiger partial charge in [-0.25, -0.2) is 0 Å². The van der Waals surface area contributed by atoms with Crippen molar-refractivity contribution in [3.63, 3.8) is 0 Å². The predicted octanol–water partition coefficient (Wildman–Crippen LogP) is 3.52. The second-order valence-corrected chi connectivity index (χ2v) is 6.74. The second kappa shape index (κ2) is 7.58. The highest BCUT2D eigenvalue weighted by molar-refractivity contribution is 5.93. The van der Waals surface area contributed by atoms with Crippen LogP contribution >= 0.6 is 0 Å². The Morgan fingerprint density at radius 2 is 2.15 bits per heavy atom. The molecule has 0 aliphatic carbocycles. The molecule has 1 aliphatic rings. The molecule has 2 N–H and O–H groups in total. The normalized spacial score (nSPS) is 17.9. The van der Waals surface area contributed by atoms with E-state index in [1.807, 2.05) is 36.4 Å². The molecule has 1 fully saturated rings. The zero-order chi connectivity index (χ0) is 17.8. The first-order chi connectivity index (χ1) is 12.8. The third-order valence-corrected chi connectivity index (χ3v) is 4.83. The lowest BCUT2D eigenvalue weighted by molar-refractivity contribution is -0.121. The summed E-state index contributed by atoms with van der Waals surface area (Å²) in [5, 5.41) is 9.95. The van der Waals surface area contributed by atoms with Crippen molar-refractivity contribution >= 4 is 11.6 Å². The smallest absolute Gasteiger partial charge is 0.228 e. The number of aromatic nitrogens is 2. The third-order valence-electron chi connectivity index (χ3n) is 4.83. The molecule has 1 atom stereocenters. The average molecular weight is 350 g/mol. The lowest BCUT2D eigenvalue weighted by atomic mass is 9.96. The van der Waals surface area contributed by atoms with Crippen molar-refractivity contribution in [1.29, 1.82) is 0 Å². The van der Waals surface area contributed by atoms with E-state index in [0.29, 0.717) is 0 Å². The summed E-state index contributed by atoms with van der Waals surface area (Å²) in [6.07, 6.45) is 7.15. The van der Waals surface area contributed by atoms with E-state index in [1.54, 1.807) is 18.7 Å².